The quantitative estimate of drug-likeness (QED) is 0.833. The lowest BCUT2D eigenvalue weighted by Crippen LogP contribution is -2.15. The van der Waals surface area contributed by atoms with E-state index in [9.17, 15) is 4.39 Å². The fraction of sp³-hybridized carbons (Fsp3) is 0.467. The van der Waals surface area contributed by atoms with Crippen molar-refractivity contribution in [2.75, 3.05) is 6.61 Å². The van der Waals surface area contributed by atoms with Gasteiger partial charge in [0.2, 0.25) is 0 Å². The van der Waals surface area contributed by atoms with Crippen molar-refractivity contribution in [3.8, 4) is 11.8 Å². The first kappa shape index (κ1) is 14.7. The van der Waals surface area contributed by atoms with E-state index in [1.165, 1.54) is 12.1 Å². The van der Waals surface area contributed by atoms with Crippen molar-refractivity contribution in [1.29, 1.82) is 0 Å². The molecule has 3 heteroatoms. The van der Waals surface area contributed by atoms with Crippen molar-refractivity contribution in [1.82, 2.24) is 0 Å². The Labute approximate surface area is 108 Å². The van der Waals surface area contributed by atoms with Gasteiger partial charge in [0.1, 0.15) is 12.4 Å². The van der Waals surface area contributed by atoms with Gasteiger partial charge in [-0.2, -0.15) is 0 Å². The van der Waals surface area contributed by atoms with Gasteiger partial charge in [0, 0.05) is 5.56 Å². The molecular weight excluding hydrogens is 231 g/mol. The summed E-state index contributed by atoms with van der Waals surface area (Å²) in [6, 6.07) is 4.56. The summed E-state index contributed by atoms with van der Waals surface area (Å²) in [6.45, 7) is 6.29. The summed E-state index contributed by atoms with van der Waals surface area (Å²) >= 11 is 0. The monoisotopic (exact) mass is 250 g/mol. The van der Waals surface area contributed by atoms with Crippen LogP contribution in [-0.2, 0) is 11.3 Å². The van der Waals surface area contributed by atoms with E-state index in [0.29, 0.717) is 18.1 Å². The van der Waals surface area contributed by atoms with Crippen LogP contribution in [0.3, 0.4) is 0 Å². The molecule has 0 spiro atoms. The van der Waals surface area contributed by atoms with E-state index in [1.54, 1.807) is 6.07 Å². The Morgan fingerprint density at radius 2 is 2.00 bits per heavy atom. The molecule has 0 radical (unpaired) electrons. The highest BCUT2D eigenvalue weighted by Gasteiger charge is 2.08. The van der Waals surface area contributed by atoms with Crippen LogP contribution >= 0.6 is 0 Å². The minimum atomic E-state index is -0.337. The average molecular weight is 250 g/mol. The van der Waals surface area contributed by atoms with Crippen LogP contribution in [-0.4, -0.2) is 17.8 Å². The van der Waals surface area contributed by atoms with Crippen LogP contribution in [0.5, 0.6) is 0 Å². The second-order valence-corrected chi connectivity index (χ2v) is 4.57. The summed E-state index contributed by atoms with van der Waals surface area (Å²) in [5.41, 5.74) is 1.31. The van der Waals surface area contributed by atoms with Gasteiger partial charge in [-0.05, 0) is 36.6 Å². The number of aliphatic hydroxyl groups is 1. The van der Waals surface area contributed by atoms with E-state index in [4.69, 9.17) is 9.84 Å². The largest absolute Gasteiger partial charge is 0.384 e. The minimum absolute atomic E-state index is 0.125. The second kappa shape index (κ2) is 7.15. The van der Waals surface area contributed by atoms with E-state index in [2.05, 4.69) is 25.7 Å². The molecule has 98 valence electrons. The van der Waals surface area contributed by atoms with Crippen LogP contribution in [0.15, 0.2) is 18.2 Å². The molecule has 1 aromatic rings. The van der Waals surface area contributed by atoms with E-state index in [0.717, 1.165) is 5.56 Å². The van der Waals surface area contributed by atoms with Crippen LogP contribution in [0.1, 0.15) is 31.9 Å². The van der Waals surface area contributed by atoms with Crippen molar-refractivity contribution in [2.24, 2.45) is 5.92 Å². The molecule has 0 heterocycles. The average Bonchev–Trinajstić information content (AvgIpc) is 2.32. The number of halogens is 1. The maximum Gasteiger partial charge on any atom is 0.124 e. The molecule has 2 nitrogen and oxygen atoms in total. The summed E-state index contributed by atoms with van der Waals surface area (Å²) in [6.07, 6.45) is 0.125. The van der Waals surface area contributed by atoms with Crippen molar-refractivity contribution >= 4 is 0 Å². The zero-order valence-electron chi connectivity index (χ0n) is 11.0. The summed E-state index contributed by atoms with van der Waals surface area (Å²) in [5.74, 6) is 5.28. The van der Waals surface area contributed by atoms with Gasteiger partial charge in [0.05, 0.1) is 12.7 Å². The molecule has 0 aliphatic carbocycles. The van der Waals surface area contributed by atoms with Gasteiger partial charge in [-0.25, -0.2) is 4.39 Å². The number of hydrogen-bond acceptors (Lipinski definition) is 2. The molecule has 18 heavy (non-hydrogen) atoms. The minimum Gasteiger partial charge on any atom is -0.384 e. The summed E-state index contributed by atoms with van der Waals surface area (Å²) < 4.78 is 19.0. The lowest BCUT2D eigenvalue weighted by Gasteiger charge is -2.16. The number of aliphatic hydroxyl groups excluding tert-OH is 1. The SMILES string of the molecule is CC(C)C(C)OCc1cc(F)cc(C#CCO)c1. The first-order valence-corrected chi connectivity index (χ1v) is 6.03. The van der Waals surface area contributed by atoms with Crippen LogP contribution in [0.2, 0.25) is 0 Å². The zero-order valence-corrected chi connectivity index (χ0v) is 11.0. The normalized spacial score (nSPS) is 12.1. The molecule has 1 N–H and O–H groups in total. The van der Waals surface area contributed by atoms with Crippen LogP contribution in [0.4, 0.5) is 4.39 Å². The van der Waals surface area contributed by atoms with Crippen molar-refractivity contribution < 1.29 is 14.2 Å². The van der Waals surface area contributed by atoms with Crippen LogP contribution in [0.25, 0.3) is 0 Å². The molecule has 0 saturated heterocycles. The van der Waals surface area contributed by atoms with E-state index < -0.39 is 0 Å². The molecule has 0 aromatic heterocycles. The highest BCUT2D eigenvalue weighted by atomic mass is 19.1. The standard InChI is InChI=1S/C15H19FO2/c1-11(2)12(3)18-10-14-7-13(5-4-6-17)8-15(16)9-14/h7-9,11-12,17H,6,10H2,1-3H3. The Kier molecular flexibility index (Phi) is 5.84. The van der Waals surface area contributed by atoms with Crippen molar-refractivity contribution in [2.45, 2.75) is 33.5 Å². The molecule has 0 fully saturated rings. The van der Waals surface area contributed by atoms with Crippen LogP contribution < -0.4 is 0 Å². The number of rotatable bonds is 4. The molecule has 1 atom stereocenters. The Bertz CT molecular complexity index is 444. The first-order valence-electron chi connectivity index (χ1n) is 6.03. The Morgan fingerprint density at radius 1 is 1.28 bits per heavy atom. The van der Waals surface area contributed by atoms with Gasteiger partial charge in [-0.15, -0.1) is 0 Å². The summed E-state index contributed by atoms with van der Waals surface area (Å²) in [7, 11) is 0. The van der Waals surface area contributed by atoms with Gasteiger partial charge in [-0.1, -0.05) is 25.7 Å². The van der Waals surface area contributed by atoms with E-state index in [1.807, 2.05) is 6.92 Å². The predicted octanol–water partition coefficient (Wildman–Crippen LogP) is 2.73. The zero-order chi connectivity index (χ0) is 13.5. The maximum absolute atomic E-state index is 13.4. The summed E-state index contributed by atoms with van der Waals surface area (Å²) in [5, 5.41) is 8.61. The molecular formula is C15H19FO2. The Hall–Kier alpha value is -1.37. The lowest BCUT2D eigenvalue weighted by atomic mass is 10.1. The number of ether oxygens (including phenoxy) is 1. The van der Waals surface area contributed by atoms with E-state index >= 15 is 0 Å². The first-order chi connectivity index (χ1) is 8.52. The van der Waals surface area contributed by atoms with Gasteiger partial charge < -0.3 is 9.84 Å². The fourth-order valence-electron chi connectivity index (χ4n) is 1.37. The fourth-order valence-corrected chi connectivity index (χ4v) is 1.37. The number of hydrogen-bond donors (Lipinski definition) is 1. The van der Waals surface area contributed by atoms with Gasteiger partial charge >= 0.3 is 0 Å². The number of benzene rings is 1. The third-order valence-corrected chi connectivity index (χ3v) is 2.72. The molecule has 1 aromatic carbocycles. The maximum atomic E-state index is 13.4. The van der Waals surface area contributed by atoms with Crippen molar-refractivity contribution in [3.63, 3.8) is 0 Å². The summed E-state index contributed by atoms with van der Waals surface area (Å²) in [4.78, 5) is 0. The Morgan fingerprint density at radius 3 is 2.61 bits per heavy atom. The third kappa shape index (κ3) is 4.87. The molecule has 1 unspecified atom stereocenters. The predicted molar refractivity (Wildman–Crippen MR) is 69.5 cm³/mol. The topological polar surface area (TPSA) is 29.5 Å². The van der Waals surface area contributed by atoms with Gasteiger partial charge in [0.25, 0.3) is 0 Å². The molecule has 0 aliphatic rings. The van der Waals surface area contributed by atoms with Crippen LogP contribution in [0, 0.1) is 23.6 Å². The highest BCUT2D eigenvalue weighted by molar-refractivity contribution is 5.37. The van der Waals surface area contributed by atoms with Crippen molar-refractivity contribution in [3.05, 3.63) is 35.1 Å². The molecule has 0 aliphatic heterocycles. The molecule has 0 amide bonds. The smallest absolute Gasteiger partial charge is 0.124 e. The molecule has 1 rings (SSSR count). The van der Waals surface area contributed by atoms with Gasteiger partial charge in [0.15, 0.2) is 0 Å². The molecule has 0 saturated carbocycles. The Balaban J connectivity index is 2.74. The molecule has 0 bridgehead atoms. The third-order valence-electron chi connectivity index (χ3n) is 2.72. The van der Waals surface area contributed by atoms with Gasteiger partial charge in [-0.3, -0.25) is 0 Å². The highest BCUT2D eigenvalue weighted by Crippen LogP contribution is 2.13. The second-order valence-electron chi connectivity index (χ2n) is 4.57. The van der Waals surface area contributed by atoms with E-state index in [-0.39, 0.29) is 18.5 Å². The lowest BCUT2D eigenvalue weighted by molar-refractivity contribution is 0.0234.